The Labute approximate surface area is 130 Å². The maximum absolute atomic E-state index is 12.0. The average Bonchev–Trinajstić information content (AvgIpc) is 2.55. The molecule has 114 valence electrons. The third-order valence-corrected chi connectivity index (χ3v) is 3.27. The molecule has 0 fully saturated rings. The zero-order valence-corrected chi connectivity index (χ0v) is 11.9. The topological polar surface area (TPSA) is 100 Å². The summed E-state index contributed by atoms with van der Waals surface area (Å²) in [6.07, 6.45) is 1.34. The summed E-state index contributed by atoms with van der Waals surface area (Å²) in [6.45, 7) is 0. The fourth-order valence-corrected chi connectivity index (χ4v) is 2.16. The first-order valence-electron chi connectivity index (χ1n) is 6.80. The van der Waals surface area contributed by atoms with Gasteiger partial charge in [0.25, 0.3) is 11.2 Å². The van der Waals surface area contributed by atoms with Crippen molar-refractivity contribution in [3.05, 3.63) is 80.6 Å². The maximum atomic E-state index is 12.0. The smallest absolute Gasteiger partial charge is 0.294 e. The second-order valence-corrected chi connectivity index (χ2v) is 4.79. The Morgan fingerprint density at radius 3 is 2.70 bits per heavy atom. The van der Waals surface area contributed by atoms with E-state index in [1.54, 1.807) is 24.3 Å². The molecule has 0 aliphatic carbocycles. The lowest BCUT2D eigenvalue weighted by Gasteiger charge is -2.01. The molecule has 23 heavy (non-hydrogen) atoms. The van der Waals surface area contributed by atoms with Crippen LogP contribution in [0.25, 0.3) is 10.9 Å². The van der Waals surface area contributed by atoms with Crippen LogP contribution in [0.2, 0.25) is 0 Å². The predicted octanol–water partition coefficient (Wildman–Crippen LogP) is 2.88. The van der Waals surface area contributed by atoms with Crippen LogP contribution in [0.3, 0.4) is 0 Å². The summed E-state index contributed by atoms with van der Waals surface area (Å²) in [5.74, 6) is 0. The minimum absolute atomic E-state index is 0.0860. The van der Waals surface area contributed by atoms with Crippen molar-refractivity contribution in [3.63, 3.8) is 0 Å². The number of pyridine rings is 1. The van der Waals surface area contributed by atoms with Gasteiger partial charge >= 0.3 is 0 Å². The Balaban J connectivity index is 1.88. The van der Waals surface area contributed by atoms with Gasteiger partial charge in [0, 0.05) is 11.6 Å². The Hall–Kier alpha value is -3.48. The van der Waals surface area contributed by atoms with Crippen LogP contribution < -0.4 is 11.0 Å². The average molecular weight is 308 g/mol. The van der Waals surface area contributed by atoms with Crippen LogP contribution in [0.5, 0.6) is 0 Å². The summed E-state index contributed by atoms with van der Waals surface area (Å²) >= 11 is 0. The van der Waals surface area contributed by atoms with Gasteiger partial charge in [-0.2, -0.15) is 5.10 Å². The first kappa shape index (κ1) is 14.5. The number of aromatic amines is 1. The van der Waals surface area contributed by atoms with Crippen LogP contribution in [0.1, 0.15) is 5.56 Å². The molecular formula is C16H12N4O3. The van der Waals surface area contributed by atoms with Crippen molar-refractivity contribution in [2.45, 2.75) is 0 Å². The number of para-hydroxylation sites is 3. The number of nitro groups is 1. The Morgan fingerprint density at radius 1 is 1.13 bits per heavy atom. The van der Waals surface area contributed by atoms with Gasteiger partial charge in [-0.05, 0) is 23.6 Å². The molecule has 3 rings (SSSR count). The number of fused-ring (bicyclic) bond motifs is 1. The molecule has 1 aromatic heterocycles. The molecule has 0 unspecified atom stereocenters. The molecule has 0 saturated carbocycles. The van der Waals surface area contributed by atoms with Crippen molar-refractivity contribution in [1.82, 2.24) is 4.98 Å². The van der Waals surface area contributed by atoms with Gasteiger partial charge in [0.05, 0.1) is 16.7 Å². The van der Waals surface area contributed by atoms with Gasteiger partial charge in [-0.3, -0.25) is 20.3 Å². The summed E-state index contributed by atoms with van der Waals surface area (Å²) in [4.78, 5) is 25.1. The number of hydrogen-bond donors (Lipinski definition) is 2. The first-order chi connectivity index (χ1) is 11.1. The van der Waals surface area contributed by atoms with E-state index in [0.29, 0.717) is 5.56 Å². The zero-order valence-electron chi connectivity index (χ0n) is 11.9. The van der Waals surface area contributed by atoms with E-state index in [2.05, 4.69) is 15.5 Å². The number of hydrogen-bond acceptors (Lipinski definition) is 5. The highest BCUT2D eigenvalue weighted by Crippen LogP contribution is 2.22. The third kappa shape index (κ3) is 3.08. The van der Waals surface area contributed by atoms with Crippen LogP contribution in [0.15, 0.2) is 64.5 Å². The highest BCUT2D eigenvalue weighted by atomic mass is 16.6. The standard InChI is InChI=1S/C16H12N4O3/c21-16-12(9-11-5-1-2-6-13(11)18-16)10-17-19-14-7-3-4-8-15(14)20(22)23/h1-10,19H,(H,18,21)/b17-10+. The Morgan fingerprint density at radius 2 is 1.87 bits per heavy atom. The summed E-state index contributed by atoms with van der Waals surface area (Å²) in [6, 6.07) is 15.2. The third-order valence-electron chi connectivity index (χ3n) is 3.27. The minimum Gasteiger partial charge on any atom is -0.321 e. The molecule has 0 radical (unpaired) electrons. The van der Waals surface area contributed by atoms with E-state index in [0.717, 1.165) is 10.9 Å². The van der Waals surface area contributed by atoms with Crippen LogP contribution >= 0.6 is 0 Å². The fourth-order valence-electron chi connectivity index (χ4n) is 2.16. The van der Waals surface area contributed by atoms with Crippen LogP contribution in [0, 0.1) is 10.1 Å². The van der Waals surface area contributed by atoms with E-state index >= 15 is 0 Å². The normalized spacial score (nSPS) is 11.0. The maximum Gasteiger partial charge on any atom is 0.294 e. The van der Waals surface area contributed by atoms with Gasteiger partial charge in [0.1, 0.15) is 5.69 Å². The van der Waals surface area contributed by atoms with E-state index in [1.165, 1.54) is 12.3 Å². The lowest BCUT2D eigenvalue weighted by molar-refractivity contribution is -0.384. The second-order valence-electron chi connectivity index (χ2n) is 4.79. The number of benzene rings is 2. The molecule has 7 nitrogen and oxygen atoms in total. The molecule has 0 spiro atoms. The number of rotatable bonds is 4. The second kappa shape index (κ2) is 6.10. The molecule has 0 bridgehead atoms. The van der Waals surface area contributed by atoms with Crippen molar-refractivity contribution in [2.75, 3.05) is 5.43 Å². The van der Waals surface area contributed by atoms with E-state index < -0.39 is 4.92 Å². The van der Waals surface area contributed by atoms with Crippen LogP contribution in [-0.4, -0.2) is 16.1 Å². The molecule has 7 heteroatoms. The fraction of sp³-hybridized carbons (Fsp3) is 0. The van der Waals surface area contributed by atoms with Crippen molar-refractivity contribution < 1.29 is 4.92 Å². The highest BCUT2D eigenvalue weighted by molar-refractivity contribution is 5.87. The zero-order chi connectivity index (χ0) is 16.2. The van der Waals surface area contributed by atoms with Crippen LogP contribution in [0.4, 0.5) is 11.4 Å². The number of H-pyrrole nitrogens is 1. The summed E-state index contributed by atoms with van der Waals surface area (Å²) in [7, 11) is 0. The molecule has 0 atom stereocenters. The van der Waals surface area contributed by atoms with E-state index in [1.807, 2.05) is 24.3 Å². The number of nitrogens with zero attached hydrogens (tertiary/aromatic N) is 2. The molecule has 0 aliphatic rings. The number of anilines is 1. The molecule has 2 N–H and O–H groups in total. The Kier molecular flexibility index (Phi) is 3.84. The van der Waals surface area contributed by atoms with Gasteiger partial charge in [-0.1, -0.05) is 30.3 Å². The molecule has 0 amide bonds. The van der Waals surface area contributed by atoms with E-state index in [-0.39, 0.29) is 16.9 Å². The molecule has 0 saturated heterocycles. The molecule has 2 aromatic carbocycles. The highest BCUT2D eigenvalue weighted by Gasteiger charge is 2.11. The van der Waals surface area contributed by atoms with Gasteiger partial charge in [0.15, 0.2) is 0 Å². The SMILES string of the molecule is O=c1[nH]c2ccccc2cc1/C=N/Nc1ccccc1[N+](=O)[O-]. The largest absolute Gasteiger partial charge is 0.321 e. The monoisotopic (exact) mass is 308 g/mol. The molecule has 0 aliphatic heterocycles. The minimum atomic E-state index is -0.499. The predicted molar refractivity (Wildman–Crippen MR) is 88.9 cm³/mol. The van der Waals surface area contributed by atoms with Crippen molar-refractivity contribution in [1.29, 1.82) is 0 Å². The van der Waals surface area contributed by atoms with Crippen LogP contribution in [-0.2, 0) is 0 Å². The summed E-state index contributed by atoms with van der Waals surface area (Å²) in [5, 5.41) is 15.7. The number of nitro benzene ring substituents is 1. The summed E-state index contributed by atoms with van der Waals surface area (Å²) in [5.41, 5.74) is 3.58. The Bertz CT molecular complexity index is 963. The first-order valence-corrected chi connectivity index (χ1v) is 6.80. The summed E-state index contributed by atoms with van der Waals surface area (Å²) < 4.78 is 0. The quantitative estimate of drug-likeness (QED) is 0.439. The molecular weight excluding hydrogens is 296 g/mol. The number of hydrazone groups is 1. The van der Waals surface area contributed by atoms with E-state index in [9.17, 15) is 14.9 Å². The van der Waals surface area contributed by atoms with E-state index in [4.69, 9.17) is 0 Å². The van der Waals surface area contributed by atoms with Gasteiger partial charge in [-0.25, -0.2) is 0 Å². The van der Waals surface area contributed by atoms with Gasteiger partial charge in [-0.15, -0.1) is 0 Å². The van der Waals surface area contributed by atoms with Gasteiger partial charge < -0.3 is 4.98 Å². The number of nitrogens with one attached hydrogen (secondary N) is 2. The van der Waals surface area contributed by atoms with Gasteiger partial charge in [0.2, 0.25) is 0 Å². The van der Waals surface area contributed by atoms with Crippen molar-refractivity contribution >= 4 is 28.5 Å². The van der Waals surface area contributed by atoms with Crippen molar-refractivity contribution in [3.8, 4) is 0 Å². The lowest BCUT2D eigenvalue weighted by atomic mass is 10.2. The molecule has 1 heterocycles. The van der Waals surface area contributed by atoms with Crippen molar-refractivity contribution in [2.24, 2.45) is 5.10 Å². The lowest BCUT2D eigenvalue weighted by Crippen LogP contribution is -2.12. The molecule has 3 aromatic rings. The number of aromatic nitrogens is 1.